The van der Waals surface area contributed by atoms with Crippen LogP contribution in [-0.2, 0) is 24.7 Å². The molecule has 0 amide bonds. The van der Waals surface area contributed by atoms with Crippen molar-refractivity contribution in [2.45, 2.75) is 63.4 Å². The molecule has 6 heteroatoms. The average molecular weight is 469 g/mol. The number of carbonyl (C=O) groups is 2. The topological polar surface area (TPSA) is 72.8 Å². The Morgan fingerprint density at radius 3 is 2.39 bits per heavy atom. The van der Waals surface area contributed by atoms with E-state index < -0.39 is 23.5 Å². The number of aliphatic hydroxyl groups is 1. The Labute approximate surface area is 200 Å². The van der Waals surface area contributed by atoms with E-state index in [1.165, 1.54) is 11.8 Å². The molecule has 2 unspecified atom stereocenters. The van der Waals surface area contributed by atoms with Crippen LogP contribution < -0.4 is 0 Å². The normalized spacial score (nSPS) is 19.4. The van der Waals surface area contributed by atoms with Crippen LogP contribution in [0.2, 0.25) is 0 Å². The van der Waals surface area contributed by atoms with E-state index in [1.807, 2.05) is 61.5 Å². The Kier molecular flexibility index (Phi) is 8.25. The zero-order valence-electron chi connectivity index (χ0n) is 19.7. The minimum absolute atomic E-state index is 0.0123. The fourth-order valence-electron chi connectivity index (χ4n) is 4.31. The van der Waals surface area contributed by atoms with E-state index in [4.69, 9.17) is 9.47 Å². The number of esters is 2. The highest BCUT2D eigenvalue weighted by atomic mass is 32.2. The summed E-state index contributed by atoms with van der Waals surface area (Å²) >= 11 is 1.21. The quantitative estimate of drug-likeness (QED) is 0.424. The molecule has 0 fully saturated rings. The third kappa shape index (κ3) is 5.27. The van der Waals surface area contributed by atoms with Crippen LogP contribution in [-0.4, -0.2) is 23.7 Å². The lowest BCUT2D eigenvalue weighted by atomic mass is 9.75. The molecule has 33 heavy (non-hydrogen) atoms. The Morgan fingerprint density at radius 2 is 1.79 bits per heavy atom. The number of thioether (sulfide) groups is 1. The lowest BCUT2D eigenvalue weighted by Gasteiger charge is -2.41. The number of cyclic esters (lactones) is 1. The first-order chi connectivity index (χ1) is 15.8. The fourth-order valence-corrected chi connectivity index (χ4v) is 5.41. The molecule has 1 heterocycles. The van der Waals surface area contributed by atoms with Gasteiger partial charge in [-0.2, -0.15) is 0 Å². The second-order valence-corrected chi connectivity index (χ2v) is 9.54. The maximum absolute atomic E-state index is 13.4. The van der Waals surface area contributed by atoms with Gasteiger partial charge in [0, 0.05) is 4.90 Å². The molecule has 0 aromatic heterocycles. The zero-order valence-corrected chi connectivity index (χ0v) is 20.5. The number of hydrogen-bond donors (Lipinski definition) is 1. The molecule has 0 saturated carbocycles. The number of carbonyl (C=O) groups excluding carboxylic acids is 2. The number of aliphatic hydroxyl groups excluding tert-OH is 1. The van der Waals surface area contributed by atoms with Crippen molar-refractivity contribution in [3.05, 3.63) is 76.4 Å². The average Bonchev–Trinajstić information content (AvgIpc) is 2.80. The first-order valence-corrected chi connectivity index (χ1v) is 12.3. The van der Waals surface area contributed by atoms with Crippen molar-refractivity contribution < 1.29 is 24.2 Å². The largest absolute Gasteiger partial charge is 0.511 e. The molecule has 5 nitrogen and oxygen atoms in total. The van der Waals surface area contributed by atoms with Crippen molar-refractivity contribution >= 4 is 23.7 Å². The highest BCUT2D eigenvalue weighted by Crippen LogP contribution is 2.48. The summed E-state index contributed by atoms with van der Waals surface area (Å²) < 4.78 is 11.5. The minimum Gasteiger partial charge on any atom is -0.511 e. The van der Waals surface area contributed by atoms with Crippen LogP contribution in [0.3, 0.4) is 0 Å². The number of ether oxygens (including phenoxy) is 2. The second-order valence-electron chi connectivity index (χ2n) is 8.49. The van der Waals surface area contributed by atoms with Gasteiger partial charge in [0.2, 0.25) is 0 Å². The van der Waals surface area contributed by atoms with Crippen LogP contribution in [0.25, 0.3) is 0 Å². The van der Waals surface area contributed by atoms with Crippen LogP contribution in [0, 0.1) is 5.92 Å². The lowest BCUT2D eigenvalue weighted by molar-refractivity contribution is -0.179. The van der Waals surface area contributed by atoms with Gasteiger partial charge < -0.3 is 14.6 Å². The SMILES string of the molecule is CCCC(C(=O)OCC)C1(c2ccccc2)CC(O)=C(Sc2ccccc2C(C)C)C(=O)O1. The molecule has 1 N–H and O–H groups in total. The predicted molar refractivity (Wildman–Crippen MR) is 130 cm³/mol. The van der Waals surface area contributed by atoms with Crippen molar-refractivity contribution in [3.8, 4) is 0 Å². The Bertz CT molecular complexity index is 1010. The minimum atomic E-state index is -1.33. The first kappa shape index (κ1) is 24.9. The van der Waals surface area contributed by atoms with Crippen LogP contribution in [0.4, 0.5) is 0 Å². The maximum Gasteiger partial charge on any atom is 0.349 e. The summed E-state index contributed by atoms with van der Waals surface area (Å²) in [4.78, 5) is 27.4. The summed E-state index contributed by atoms with van der Waals surface area (Å²) in [5, 5.41) is 11.2. The monoisotopic (exact) mass is 468 g/mol. The summed E-state index contributed by atoms with van der Waals surface area (Å²) in [5.74, 6) is -1.59. The molecular formula is C27H32O5S. The number of rotatable bonds is 9. The molecular weight excluding hydrogens is 436 g/mol. The van der Waals surface area contributed by atoms with Gasteiger partial charge in [-0.15, -0.1) is 0 Å². The maximum atomic E-state index is 13.4. The Morgan fingerprint density at radius 1 is 1.12 bits per heavy atom. The van der Waals surface area contributed by atoms with Crippen LogP contribution >= 0.6 is 11.8 Å². The smallest absolute Gasteiger partial charge is 0.349 e. The van der Waals surface area contributed by atoms with Gasteiger partial charge in [-0.25, -0.2) is 4.79 Å². The molecule has 3 rings (SSSR count). The third-order valence-electron chi connectivity index (χ3n) is 5.88. The van der Waals surface area contributed by atoms with Crippen molar-refractivity contribution in [1.82, 2.24) is 0 Å². The lowest BCUT2D eigenvalue weighted by Crippen LogP contribution is -2.47. The van der Waals surface area contributed by atoms with E-state index in [1.54, 1.807) is 6.92 Å². The predicted octanol–water partition coefficient (Wildman–Crippen LogP) is 6.49. The Balaban J connectivity index is 2.07. The van der Waals surface area contributed by atoms with E-state index in [2.05, 4.69) is 13.8 Å². The third-order valence-corrected chi connectivity index (χ3v) is 7.08. The van der Waals surface area contributed by atoms with Gasteiger partial charge in [-0.1, -0.05) is 87.5 Å². The van der Waals surface area contributed by atoms with Crippen molar-refractivity contribution in [3.63, 3.8) is 0 Å². The highest BCUT2D eigenvalue weighted by molar-refractivity contribution is 8.04. The summed E-state index contributed by atoms with van der Waals surface area (Å²) in [7, 11) is 0. The van der Waals surface area contributed by atoms with Gasteiger partial charge in [-0.05, 0) is 36.5 Å². The molecule has 0 radical (unpaired) electrons. The summed E-state index contributed by atoms with van der Waals surface area (Å²) in [6, 6.07) is 17.0. The molecule has 0 saturated heterocycles. The van der Waals surface area contributed by atoms with Crippen molar-refractivity contribution in [1.29, 1.82) is 0 Å². The van der Waals surface area contributed by atoms with Crippen LogP contribution in [0.1, 0.15) is 64.0 Å². The standard InChI is InChI=1S/C27H32O5S/c1-5-12-21(25(29)31-6-2)27(19-13-8-7-9-14-19)17-22(28)24(26(30)32-27)33-23-16-11-10-15-20(23)18(3)4/h7-11,13-16,18,21,28H,5-6,12,17H2,1-4H3. The van der Waals surface area contributed by atoms with Gasteiger partial charge in [0.05, 0.1) is 13.0 Å². The van der Waals surface area contributed by atoms with E-state index in [9.17, 15) is 14.7 Å². The van der Waals surface area contributed by atoms with E-state index in [0.29, 0.717) is 18.4 Å². The van der Waals surface area contributed by atoms with E-state index in [0.717, 1.165) is 10.5 Å². The molecule has 0 aliphatic carbocycles. The molecule has 1 aliphatic rings. The summed E-state index contributed by atoms with van der Waals surface area (Å²) in [6.07, 6.45) is 1.18. The molecule has 176 valence electrons. The molecule has 0 spiro atoms. The van der Waals surface area contributed by atoms with E-state index >= 15 is 0 Å². The number of hydrogen-bond acceptors (Lipinski definition) is 6. The highest BCUT2D eigenvalue weighted by Gasteiger charge is 2.52. The molecule has 0 bridgehead atoms. The second kappa shape index (κ2) is 10.9. The molecule has 2 aromatic carbocycles. The Hall–Kier alpha value is -2.73. The summed E-state index contributed by atoms with van der Waals surface area (Å²) in [5.41, 5.74) is 0.431. The first-order valence-electron chi connectivity index (χ1n) is 11.5. The van der Waals surface area contributed by atoms with E-state index in [-0.39, 0.29) is 29.6 Å². The van der Waals surface area contributed by atoms with Crippen LogP contribution in [0.15, 0.2) is 70.2 Å². The summed E-state index contributed by atoms with van der Waals surface area (Å²) in [6.45, 7) is 8.12. The van der Waals surface area contributed by atoms with Gasteiger partial charge in [0.25, 0.3) is 0 Å². The molecule has 2 atom stereocenters. The zero-order chi connectivity index (χ0) is 24.0. The van der Waals surface area contributed by atoms with Gasteiger partial charge in [-0.3, -0.25) is 4.79 Å². The number of benzene rings is 2. The van der Waals surface area contributed by atoms with Crippen LogP contribution in [0.5, 0.6) is 0 Å². The molecule has 2 aromatic rings. The van der Waals surface area contributed by atoms with Gasteiger partial charge in [0.15, 0.2) is 5.60 Å². The van der Waals surface area contributed by atoms with Gasteiger partial charge in [0.1, 0.15) is 16.6 Å². The van der Waals surface area contributed by atoms with Gasteiger partial charge >= 0.3 is 11.9 Å². The molecule has 1 aliphatic heterocycles. The fraction of sp³-hybridized carbons (Fsp3) is 0.407. The van der Waals surface area contributed by atoms with Crippen molar-refractivity contribution in [2.24, 2.45) is 5.92 Å². The van der Waals surface area contributed by atoms with Crippen molar-refractivity contribution in [2.75, 3.05) is 6.61 Å².